The lowest BCUT2D eigenvalue weighted by Crippen LogP contribution is -2.43. The van der Waals surface area contributed by atoms with Gasteiger partial charge >= 0.3 is 5.97 Å². The molecule has 0 aromatic carbocycles. The van der Waals surface area contributed by atoms with E-state index < -0.39 is 8.07 Å². The van der Waals surface area contributed by atoms with Gasteiger partial charge in [0, 0.05) is 13.5 Å². The van der Waals surface area contributed by atoms with E-state index in [-0.39, 0.29) is 18.9 Å². The molecule has 174 valence electrons. The molecule has 0 N–H and O–H groups in total. The number of esters is 1. The van der Waals surface area contributed by atoms with Gasteiger partial charge in [-0.1, -0.05) is 72.8 Å². The molecule has 0 aliphatic heterocycles. The van der Waals surface area contributed by atoms with Gasteiger partial charge in [-0.25, -0.2) is 0 Å². The molecular weight excluding hydrogens is 392 g/mol. The topological polar surface area (TPSA) is 44.8 Å². The first-order valence-electron chi connectivity index (χ1n) is 11.6. The number of unbranched alkanes of at least 4 members (excludes halogenated alkanes) is 5. The number of carbonyl (C=O) groups is 1. The van der Waals surface area contributed by atoms with E-state index in [0.29, 0.717) is 23.0 Å². The molecule has 0 spiro atoms. The van der Waals surface area contributed by atoms with Crippen molar-refractivity contribution in [2.75, 3.05) is 21.0 Å². The Hall–Kier alpha value is -1.09. The summed E-state index contributed by atoms with van der Waals surface area (Å²) in [6.07, 6.45) is 11.1. The highest BCUT2D eigenvalue weighted by Gasteiger charge is 2.41. The first kappa shape index (κ1) is 28.9. The van der Waals surface area contributed by atoms with E-state index >= 15 is 0 Å². The number of hydrogen-bond acceptors (Lipinski definition) is 4. The molecule has 0 fully saturated rings. The monoisotopic (exact) mass is 438 g/mol. The van der Waals surface area contributed by atoms with E-state index in [1.165, 1.54) is 13.5 Å². The molecule has 0 bridgehead atoms. The zero-order chi connectivity index (χ0) is 23.0. The molecule has 0 amide bonds. The number of carbonyl (C=O) groups excluding carboxylic acids is 1. The summed E-state index contributed by atoms with van der Waals surface area (Å²) < 4.78 is 15.6. The van der Waals surface area contributed by atoms with Crippen LogP contribution in [0.25, 0.3) is 0 Å². The smallest absolute Gasteiger partial charge is 0.305 e. The minimum Gasteiger partial charge on any atom is -0.469 e. The van der Waals surface area contributed by atoms with Gasteiger partial charge in [0.2, 0.25) is 0 Å². The Morgan fingerprint density at radius 2 is 1.47 bits per heavy atom. The van der Waals surface area contributed by atoms with E-state index in [2.05, 4.69) is 69.9 Å². The zero-order valence-electron chi connectivity index (χ0n) is 20.8. The molecule has 4 nitrogen and oxygen atoms in total. The third-order valence-corrected chi connectivity index (χ3v) is 12.3. The summed E-state index contributed by atoms with van der Waals surface area (Å²) in [7, 11) is 1.32. The van der Waals surface area contributed by atoms with Gasteiger partial charge in [-0.15, -0.1) is 5.54 Å². The van der Waals surface area contributed by atoms with Crippen LogP contribution in [0.3, 0.4) is 0 Å². The minimum atomic E-state index is -1.76. The van der Waals surface area contributed by atoms with Crippen molar-refractivity contribution in [1.29, 1.82) is 0 Å². The molecule has 0 aromatic rings. The Bertz CT molecular complexity index is 521. The van der Waals surface area contributed by atoms with E-state index in [4.69, 9.17) is 9.47 Å². The highest BCUT2D eigenvalue weighted by molar-refractivity contribution is 6.90. The molecule has 0 saturated heterocycles. The SMILES string of the molecule is COCO[C@H](C#C[Si](C(C)C)(C(C)C)C(C)C)/C=C\CCCCCCCC(=O)OC. The molecule has 0 aliphatic carbocycles. The van der Waals surface area contributed by atoms with Gasteiger partial charge in [0.15, 0.2) is 0 Å². The number of allylic oxidation sites excluding steroid dienone is 1. The van der Waals surface area contributed by atoms with E-state index in [0.717, 1.165) is 32.1 Å². The maximum absolute atomic E-state index is 11.1. The summed E-state index contributed by atoms with van der Waals surface area (Å²) in [5.41, 5.74) is 5.57. The Kier molecular flexibility index (Phi) is 16.0. The standard InChI is InChI=1S/C25H46O4Si/c1-21(2)30(22(3)4,23(5)6)19-18-24(29-20-27-7)16-14-12-10-9-11-13-15-17-25(26)28-8/h14,16,21-24H,9-13,15,17,20H2,1-8H3/b16-14-/t24-/m0/s1. The van der Waals surface area contributed by atoms with E-state index in [9.17, 15) is 4.79 Å². The van der Waals surface area contributed by atoms with Crippen molar-refractivity contribution in [2.45, 2.75) is 109 Å². The zero-order valence-corrected chi connectivity index (χ0v) is 21.8. The third kappa shape index (κ3) is 10.8. The predicted molar refractivity (Wildman–Crippen MR) is 129 cm³/mol. The number of ether oxygens (including phenoxy) is 3. The van der Waals surface area contributed by atoms with Gasteiger partial charge in [-0.3, -0.25) is 4.79 Å². The second-order valence-electron chi connectivity index (χ2n) is 8.97. The highest BCUT2D eigenvalue weighted by Crippen LogP contribution is 2.40. The summed E-state index contributed by atoms with van der Waals surface area (Å²) >= 11 is 0. The minimum absolute atomic E-state index is 0.111. The van der Waals surface area contributed by atoms with Gasteiger partial charge in [0.1, 0.15) is 21.0 Å². The van der Waals surface area contributed by atoms with Gasteiger partial charge < -0.3 is 14.2 Å². The van der Waals surface area contributed by atoms with Crippen LogP contribution < -0.4 is 0 Å². The molecule has 0 heterocycles. The van der Waals surface area contributed by atoms with Crippen molar-refractivity contribution < 1.29 is 19.0 Å². The molecule has 0 radical (unpaired) electrons. The fraction of sp³-hybridized carbons (Fsp3) is 0.800. The maximum Gasteiger partial charge on any atom is 0.305 e. The highest BCUT2D eigenvalue weighted by atomic mass is 28.3. The second-order valence-corrected chi connectivity index (χ2v) is 14.6. The van der Waals surface area contributed by atoms with Crippen molar-refractivity contribution in [2.24, 2.45) is 0 Å². The quantitative estimate of drug-likeness (QED) is 0.0716. The van der Waals surface area contributed by atoms with Crippen LogP contribution >= 0.6 is 0 Å². The number of hydrogen-bond donors (Lipinski definition) is 0. The lowest BCUT2D eigenvalue weighted by atomic mass is 10.1. The van der Waals surface area contributed by atoms with Crippen LogP contribution in [0, 0.1) is 11.5 Å². The Labute approximate surface area is 187 Å². The maximum atomic E-state index is 11.1. The molecule has 0 unspecified atom stereocenters. The van der Waals surface area contributed by atoms with E-state index in [1.54, 1.807) is 7.11 Å². The van der Waals surface area contributed by atoms with Gasteiger partial charge in [-0.2, -0.15) is 0 Å². The van der Waals surface area contributed by atoms with Crippen LogP contribution in [-0.2, 0) is 19.0 Å². The van der Waals surface area contributed by atoms with Crippen LogP contribution in [0.1, 0.15) is 86.5 Å². The average Bonchev–Trinajstić information content (AvgIpc) is 2.69. The van der Waals surface area contributed by atoms with Crippen molar-refractivity contribution in [1.82, 2.24) is 0 Å². The summed E-state index contributed by atoms with van der Waals surface area (Å²) in [5, 5.41) is 0. The number of methoxy groups -OCH3 is 2. The average molecular weight is 439 g/mol. The van der Waals surface area contributed by atoms with Crippen LogP contribution in [-0.4, -0.2) is 41.2 Å². The fourth-order valence-electron chi connectivity index (χ4n) is 4.30. The van der Waals surface area contributed by atoms with Gasteiger partial charge in [0.25, 0.3) is 0 Å². The largest absolute Gasteiger partial charge is 0.469 e. The molecule has 5 heteroatoms. The second kappa shape index (κ2) is 16.6. The van der Waals surface area contributed by atoms with Crippen molar-refractivity contribution in [3.63, 3.8) is 0 Å². The molecule has 0 aromatic heterocycles. The fourth-order valence-corrected chi connectivity index (χ4v) is 9.56. The van der Waals surface area contributed by atoms with E-state index in [1.807, 2.05) is 0 Å². The molecular formula is C25H46O4Si. The van der Waals surface area contributed by atoms with Crippen LogP contribution in [0.2, 0.25) is 16.6 Å². The van der Waals surface area contributed by atoms with Crippen molar-refractivity contribution >= 4 is 14.0 Å². The first-order valence-corrected chi connectivity index (χ1v) is 13.8. The summed E-state index contributed by atoms with van der Waals surface area (Å²) in [6, 6.07) is 0. The number of rotatable bonds is 15. The summed E-state index contributed by atoms with van der Waals surface area (Å²) in [6.45, 7) is 14.2. The Balaban J connectivity index is 4.73. The lowest BCUT2D eigenvalue weighted by Gasteiger charge is -2.38. The summed E-state index contributed by atoms with van der Waals surface area (Å²) in [5.74, 6) is 3.34. The molecule has 0 saturated carbocycles. The predicted octanol–water partition coefficient (Wildman–Crippen LogP) is 6.66. The third-order valence-electron chi connectivity index (χ3n) is 5.95. The van der Waals surface area contributed by atoms with Gasteiger partial charge in [0.05, 0.1) is 7.11 Å². The normalized spacial score (nSPS) is 13.2. The Morgan fingerprint density at radius 3 is 2.00 bits per heavy atom. The molecule has 0 rings (SSSR count). The molecule has 1 atom stereocenters. The Morgan fingerprint density at radius 1 is 0.900 bits per heavy atom. The molecule has 0 aliphatic rings. The van der Waals surface area contributed by atoms with Crippen LogP contribution in [0.5, 0.6) is 0 Å². The lowest BCUT2D eigenvalue weighted by molar-refractivity contribution is -0.140. The molecule has 30 heavy (non-hydrogen) atoms. The van der Waals surface area contributed by atoms with Gasteiger partial charge in [-0.05, 0) is 42.0 Å². The van der Waals surface area contributed by atoms with Crippen molar-refractivity contribution in [3.05, 3.63) is 12.2 Å². The van der Waals surface area contributed by atoms with Crippen molar-refractivity contribution in [3.8, 4) is 11.5 Å². The van der Waals surface area contributed by atoms with Crippen LogP contribution in [0.4, 0.5) is 0 Å². The van der Waals surface area contributed by atoms with Crippen LogP contribution in [0.15, 0.2) is 12.2 Å². The summed E-state index contributed by atoms with van der Waals surface area (Å²) in [4.78, 5) is 11.1. The first-order chi connectivity index (χ1) is 14.2.